The number of benzene rings is 2. The van der Waals surface area contributed by atoms with Gasteiger partial charge < -0.3 is 14.0 Å². The molecule has 33 heavy (non-hydrogen) atoms. The van der Waals surface area contributed by atoms with Gasteiger partial charge in [0.15, 0.2) is 11.5 Å². The molecule has 0 N–H and O–H groups in total. The second-order valence-electron chi connectivity index (χ2n) is 7.45. The maximum Gasteiger partial charge on any atom is 0.262 e. The SMILES string of the molecule is COc1ccc(CCn2ccc3nc4ncnn4c(-c4ccc(F)cc4)c3c2=O)cc1OC. The molecular weight excluding hydrogens is 425 g/mol. The fraction of sp³-hybridized carbons (Fsp3) is 0.167. The van der Waals surface area contributed by atoms with Gasteiger partial charge in [0, 0.05) is 18.3 Å². The largest absolute Gasteiger partial charge is 0.493 e. The van der Waals surface area contributed by atoms with Crippen molar-refractivity contribution >= 4 is 16.7 Å². The molecule has 3 heterocycles. The standard InChI is InChI=1S/C24H20FN5O3/c1-32-19-8-3-15(13-20(19)33-2)9-11-29-12-10-18-21(23(29)31)22(16-4-6-17(25)7-5-16)30-24(28-18)26-14-27-30/h3-8,10,12-14H,9,11H2,1-2H3. The number of hydrogen-bond donors (Lipinski definition) is 0. The molecule has 5 rings (SSSR count). The van der Waals surface area contributed by atoms with Crippen LogP contribution in [0.25, 0.3) is 27.9 Å². The molecule has 5 aromatic rings. The Balaban J connectivity index is 1.60. The van der Waals surface area contributed by atoms with Crippen molar-refractivity contribution in [3.05, 3.63) is 82.8 Å². The summed E-state index contributed by atoms with van der Waals surface area (Å²) in [6.07, 6.45) is 3.71. The third-order valence-electron chi connectivity index (χ3n) is 5.55. The van der Waals surface area contributed by atoms with Crippen molar-refractivity contribution in [3.63, 3.8) is 0 Å². The Hall–Kier alpha value is -4.27. The van der Waals surface area contributed by atoms with E-state index in [1.165, 1.54) is 23.0 Å². The highest BCUT2D eigenvalue weighted by Gasteiger charge is 2.17. The van der Waals surface area contributed by atoms with Gasteiger partial charge in [-0.05, 0) is 54.4 Å². The Kier molecular flexibility index (Phi) is 5.21. The highest BCUT2D eigenvalue weighted by molar-refractivity contribution is 5.93. The maximum absolute atomic E-state index is 13.5. The van der Waals surface area contributed by atoms with Gasteiger partial charge >= 0.3 is 0 Å². The van der Waals surface area contributed by atoms with Gasteiger partial charge in [-0.1, -0.05) is 6.07 Å². The van der Waals surface area contributed by atoms with E-state index < -0.39 is 0 Å². The summed E-state index contributed by atoms with van der Waals surface area (Å²) in [4.78, 5) is 22.2. The number of methoxy groups -OCH3 is 2. The van der Waals surface area contributed by atoms with E-state index in [0.29, 0.717) is 52.4 Å². The Labute approximate surface area is 187 Å². The first-order valence-corrected chi connectivity index (χ1v) is 10.3. The van der Waals surface area contributed by atoms with E-state index in [0.717, 1.165) is 5.56 Å². The van der Waals surface area contributed by atoms with Crippen LogP contribution < -0.4 is 15.0 Å². The van der Waals surface area contributed by atoms with Gasteiger partial charge in [-0.15, -0.1) is 0 Å². The molecule has 0 saturated carbocycles. The first-order valence-electron chi connectivity index (χ1n) is 10.3. The molecular formula is C24H20FN5O3. The van der Waals surface area contributed by atoms with Crippen LogP contribution in [0, 0.1) is 5.82 Å². The van der Waals surface area contributed by atoms with E-state index in [1.807, 2.05) is 18.2 Å². The molecule has 0 unspecified atom stereocenters. The van der Waals surface area contributed by atoms with Crippen molar-refractivity contribution in [1.29, 1.82) is 0 Å². The Bertz CT molecular complexity index is 1530. The smallest absolute Gasteiger partial charge is 0.262 e. The maximum atomic E-state index is 13.5. The third-order valence-corrected chi connectivity index (χ3v) is 5.55. The van der Waals surface area contributed by atoms with Crippen LogP contribution in [0.3, 0.4) is 0 Å². The fourth-order valence-electron chi connectivity index (χ4n) is 3.90. The molecule has 0 saturated heterocycles. The monoisotopic (exact) mass is 445 g/mol. The molecule has 0 spiro atoms. The number of rotatable bonds is 6. The van der Waals surface area contributed by atoms with Crippen molar-refractivity contribution in [2.24, 2.45) is 0 Å². The first kappa shape index (κ1) is 20.6. The summed E-state index contributed by atoms with van der Waals surface area (Å²) in [5.41, 5.74) is 2.47. The van der Waals surface area contributed by atoms with Crippen LogP contribution in [-0.4, -0.2) is 38.4 Å². The lowest BCUT2D eigenvalue weighted by atomic mass is 10.1. The molecule has 0 aliphatic carbocycles. The average molecular weight is 445 g/mol. The Morgan fingerprint density at radius 3 is 2.55 bits per heavy atom. The van der Waals surface area contributed by atoms with Gasteiger partial charge in [0.05, 0.1) is 30.8 Å². The molecule has 9 heteroatoms. The summed E-state index contributed by atoms with van der Waals surface area (Å²) in [6.45, 7) is 0.447. The topological polar surface area (TPSA) is 83.5 Å². The van der Waals surface area contributed by atoms with Crippen LogP contribution in [0.5, 0.6) is 11.5 Å². The summed E-state index contributed by atoms with van der Waals surface area (Å²) >= 11 is 0. The van der Waals surface area contributed by atoms with Gasteiger partial charge in [0.1, 0.15) is 12.1 Å². The summed E-state index contributed by atoms with van der Waals surface area (Å²) < 4.78 is 27.4. The van der Waals surface area contributed by atoms with Crippen molar-refractivity contribution in [3.8, 4) is 22.8 Å². The molecule has 0 amide bonds. The molecule has 0 atom stereocenters. The van der Waals surface area contributed by atoms with E-state index in [-0.39, 0.29) is 11.4 Å². The van der Waals surface area contributed by atoms with Gasteiger partial charge in [0.25, 0.3) is 11.3 Å². The zero-order valence-electron chi connectivity index (χ0n) is 18.0. The minimum absolute atomic E-state index is 0.211. The highest BCUT2D eigenvalue weighted by Crippen LogP contribution is 2.28. The molecule has 8 nitrogen and oxygen atoms in total. The molecule has 2 aromatic carbocycles. The minimum atomic E-state index is -0.362. The summed E-state index contributed by atoms with van der Waals surface area (Å²) in [5.74, 6) is 1.29. The molecule has 166 valence electrons. The number of hydrogen-bond acceptors (Lipinski definition) is 6. The van der Waals surface area contributed by atoms with Crippen molar-refractivity contribution < 1.29 is 13.9 Å². The summed E-state index contributed by atoms with van der Waals surface area (Å²) in [6, 6.07) is 13.4. The average Bonchev–Trinajstić information content (AvgIpc) is 3.31. The molecule has 0 aliphatic rings. The number of aromatic nitrogens is 5. The third kappa shape index (κ3) is 3.67. The first-order chi connectivity index (χ1) is 16.1. The van der Waals surface area contributed by atoms with Crippen molar-refractivity contribution in [2.45, 2.75) is 13.0 Å². The zero-order chi connectivity index (χ0) is 22.9. The Morgan fingerprint density at radius 1 is 1.00 bits per heavy atom. The zero-order valence-corrected chi connectivity index (χ0v) is 18.0. The molecule has 0 aliphatic heterocycles. The second kappa shape index (κ2) is 8.34. The predicted octanol–water partition coefficient (Wildman–Crippen LogP) is 3.51. The number of fused-ring (bicyclic) bond motifs is 2. The van der Waals surface area contributed by atoms with E-state index in [9.17, 15) is 9.18 Å². The van der Waals surface area contributed by atoms with E-state index in [4.69, 9.17) is 9.47 Å². The number of nitrogens with zero attached hydrogens (tertiary/aromatic N) is 5. The van der Waals surface area contributed by atoms with Gasteiger partial charge in [0.2, 0.25) is 0 Å². The van der Waals surface area contributed by atoms with E-state index in [2.05, 4.69) is 15.1 Å². The number of aryl methyl sites for hydroxylation is 2. The molecule has 3 aromatic heterocycles. The van der Waals surface area contributed by atoms with Crippen LogP contribution in [0.15, 0.2) is 65.8 Å². The molecule has 0 fully saturated rings. The summed E-state index contributed by atoms with van der Waals surface area (Å²) in [7, 11) is 3.18. The quantitative estimate of drug-likeness (QED) is 0.398. The van der Waals surface area contributed by atoms with Crippen molar-refractivity contribution in [2.75, 3.05) is 14.2 Å². The van der Waals surface area contributed by atoms with Crippen LogP contribution in [0.1, 0.15) is 5.56 Å². The Morgan fingerprint density at radius 2 is 1.79 bits per heavy atom. The lowest BCUT2D eigenvalue weighted by Gasteiger charge is -2.12. The highest BCUT2D eigenvalue weighted by atomic mass is 19.1. The molecule has 0 bridgehead atoms. The minimum Gasteiger partial charge on any atom is -0.493 e. The fourth-order valence-corrected chi connectivity index (χ4v) is 3.90. The summed E-state index contributed by atoms with van der Waals surface area (Å²) in [5, 5.41) is 4.64. The number of halogens is 1. The lowest BCUT2D eigenvalue weighted by molar-refractivity contribution is 0.354. The predicted molar refractivity (Wildman–Crippen MR) is 121 cm³/mol. The van der Waals surface area contributed by atoms with Crippen molar-refractivity contribution in [1.82, 2.24) is 24.1 Å². The number of ether oxygens (including phenoxy) is 2. The van der Waals surface area contributed by atoms with Gasteiger partial charge in [-0.25, -0.2) is 9.37 Å². The van der Waals surface area contributed by atoms with Crippen LogP contribution in [0.2, 0.25) is 0 Å². The van der Waals surface area contributed by atoms with E-state index >= 15 is 0 Å². The van der Waals surface area contributed by atoms with Gasteiger partial charge in [-0.3, -0.25) is 4.79 Å². The lowest BCUT2D eigenvalue weighted by Crippen LogP contribution is -2.22. The second-order valence-corrected chi connectivity index (χ2v) is 7.45. The normalized spacial score (nSPS) is 11.2. The van der Waals surface area contributed by atoms with Crippen LogP contribution >= 0.6 is 0 Å². The van der Waals surface area contributed by atoms with E-state index in [1.54, 1.807) is 43.2 Å². The van der Waals surface area contributed by atoms with Crippen LogP contribution in [0.4, 0.5) is 4.39 Å². The van der Waals surface area contributed by atoms with Gasteiger partial charge in [-0.2, -0.15) is 14.6 Å². The molecule has 0 radical (unpaired) electrons. The van der Waals surface area contributed by atoms with Crippen LogP contribution in [-0.2, 0) is 13.0 Å². The number of pyridine rings is 1.